The van der Waals surface area contributed by atoms with E-state index in [2.05, 4.69) is 37.6 Å². The van der Waals surface area contributed by atoms with Crippen molar-refractivity contribution in [2.45, 2.75) is 64.8 Å². The van der Waals surface area contributed by atoms with Gasteiger partial charge in [0.2, 0.25) is 0 Å². The standard InChI is InChI=1S/C33H41N3O4/c1-22(2)30-33(3,4)28-25-14-6-7-15-27(25)34-29(28)26(32(38)39)21-36(30)31(37)23-12-10-13-24(20-23)40-19-11-18-35-16-8-5-9-17-35/h6-7,10,12-15,20-22,30,34H,5,8-9,11,16-19H2,1-4H3,(H,38,39). The molecule has 212 valence electrons. The maximum atomic E-state index is 14.2. The molecule has 1 fully saturated rings. The van der Waals surface area contributed by atoms with Crippen LogP contribution in [0.15, 0.2) is 54.7 Å². The third-order valence-corrected chi connectivity index (χ3v) is 8.44. The van der Waals surface area contributed by atoms with Crippen molar-refractivity contribution in [3.63, 3.8) is 0 Å². The summed E-state index contributed by atoms with van der Waals surface area (Å²) in [6, 6.07) is 14.9. The van der Waals surface area contributed by atoms with Crippen molar-refractivity contribution in [2.75, 3.05) is 26.2 Å². The zero-order chi connectivity index (χ0) is 28.4. The number of rotatable bonds is 8. The number of ether oxygens (including phenoxy) is 1. The molecule has 40 heavy (non-hydrogen) atoms. The number of nitrogens with zero attached hydrogens (tertiary/aromatic N) is 2. The predicted octanol–water partition coefficient (Wildman–Crippen LogP) is 6.31. The van der Waals surface area contributed by atoms with Crippen LogP contribution < -0.4 is 4.74 Å². The van der Waals surface area contributed by atoms with Gasteiger partial charge in [-0.2, -0.15) is 0 Å². The zero-order valence-corrected chi connectivity index (χ0v) is 24.1. The summed E-state index contributed by atoms with van der Waals surface area (Å²) >= 11 is 0. The normalized spacial score (nSPS) is 19.3. The minimum absolute atomic E-state index is 0.0547. The lowest BCUT2D eigenvalue weighted by Gasteiger charge is -2.42. The number of aromatic nitrogens is 1. The van der Waals surface area contributed by atoms with Crippen LogP contribution in [0.2, 0.25) is 0 Å². The Hall–Kier alpha value is -3.58. The van der Waals surface area contributed by atoms with Crippen molar-refractivity contribution in [1.82, 2.24) is 14.8 Å². The number of amides is 1. The Bertz CT molecular complexity index is 1410. The number of aromatic amines is 1. The average molecular weight is 544 g/mol. The number of carboxylic acid groups (broad SMARTS) is 1. The molecule has 2 aliphatic heterocycles. The third-order valence-electron chi connectivity index (χ3n) is 8.44. The first kappa shape index (κ1) is 28.0. The first-order valence-corrected chi connectivity index (χ1v) is 14.5. The van der Waals surface area contributed by atoms with Gasteiger partial charge in [-0.25, -0.2) is 4.79 Å². The lowest BCUT2D eigenvalue weighted by atomic mass is 9.71. The minimum atomic E-state index is -1.07. The summed E-state index contributed by atoms with van der Waals surface area (Å²) < 4.78 is 6.05. The smallest absolute Gasteiger partial charge is 0.339 e. The number of carboxylic acids is 1. The molecular formula is C33H41N3O4. The number of piperidine rings is 1. The highest BCUT2D eigenvalue weighted by molar-refractivity contribution is 6.17. The van der Waals surface area contributed by atoms with Gasteiger partial charge in [0.05, 0.1) is 17.9 Å². The van der Waals surface area contributed by atoms with Gasteiger partial charge in [-0.1, -0.05) is 58.4 Å². The van der Waals surface area contributed by atoms with Gasteiger partial charge in [0.15, 0.2) is 0 Å². The second kappa shape index (κ2) is 11.5. The molecule has 1 atom stereocenters. The van der Waals surface area contributed by atoms with Gasteiger partial charge in [0, 0.05) is 40.7 Å². The van der Waals surface area contributed by atoms with Gasteiger partial charge in [0.25, 0.3) is 5.91 Å². The molecule has 1 unspecified atom stereocenters. The van der Waals surface area contributed by atoms with Crippen molar-refractivity contribution >= 4 is 28.4 Å². The molecule has 7 heteroatoms. The Labute approximate surface area is 236 Å². The lowest BCUT2D eigenvalue weighted by Crippen LogP contribution is -2.50. The molecule has 7 nitrogen and oxygen atoms in total. The van der Waals surface area contributed by atoms with E-state index in [0.29, 0.717) is 23.6 Å². The first-order valence-electron chi connectivity index (χ1n) is 14.5. The summed E-state index contributed by atoms with van der Waals surface area (Å²) in [6.45, 7) is 12.3. The lowest BCUT2D eigenvalue weighted by molar-refractivity contribution is -0.130. The summed E-state index contributed by atoms with van der Waals surface area (Å²) in [7, 11) is 0. The van der Waals surface area contributed by atoms with Crippen molar-refractivity contribution in [2.24, 2.45) is 5.92 Å². The van der Waals surface area contributed by atoms with E-state index in [1.807, 2.05) is 36.4 Å². The van der Waals surface area contributed by atoms with E-state index in [1.54, 1.807) is 17.0 Å². The van der Waals surface area contributed by atoms with Crippen LogP contribution in [0.3, 0.4) is 0 Å². The molecule has 2 aromatic carbocycles. The van der Waals surface area contributed by atoms with Crippen LogP contribution in [-0.4, -0.2) is 64.0 Å². The number of para-hydroxylation sites is 1. The maximum absolute atomic E-state index is 14.2. The predicted molar refractivity (Wildman–Crippen MR) is 159 cm³/mol. The second-order valence-corrected chi connectivity index (χ2v) is 12.0. The van der Waals surface area contributed by atoms with Gasteiger partial charge in [0.1, 0.15) is 5.75 Å². The third kappa shape index (κ3) is 5.39. The minimum Gasteiger partial charge on any atom is -0.494 e. The van der Waals surface area contributed by atoms with E-state index >= 15 is 0 Å². The van der Waals surface area contributed by atoms with Gasteiger partial charge >= 0.3 is 5.97 Å². The zero-order valence-electron chi connectivity index (χ0n) is 24.1. The van der Waals surface area contributed by atoms with Crippen molar-refractivity contribution in [3.05, 3.63) is 71.6 Å². The molecule has 5 rings (SSSR count). The van der Waals surface area contributed by atoms with Crippen molar-refractivity contribution < 1.29 is 19.4 Å². The van der Waals surface area contributed by atoms with Crippen LogP contribution in [0.25, 0.3) is 16.5 Å². The van der Waals surface area contributed by atoms with Crippen LogP contribution in [0.1, 0.15) is 75.0 Å². The van der Waals surface area contributed by atoms with Gasteiger partial charge in [-0.05, 0) is 68.1 Å². The second-order valence-electron chi connectivity index (χ2n) is 12.0. The number of hydrogen-bond acceptors (Lipinski definition) is 4. The summed E-state index contributed by atoms with van der Waals surface area (Å²) in [6.07, 6.45) is 6.34. The Kier molecular flexibility index (Phi) is 8.04. The molecule has 0 saturated carbocycles. The van der Waals surface area contributed by atoms with Crippen LogP contribution in [0.5, 0.6) is 5.75 Å². The van der Waals surface area contributed by atoms with E-state index in [-0.39, 0.29) is 23.4 Å². The SMILES string of the molecule is CC(C)C1N(C(=O)c2cccc(OCCCN3CCCCC3)c2)C=C(C(=O)O)c2[nH]c3ccccc3c2C1(C)C. The molecule has 1 amide bonds. The first-order chi connectivity index (χ1) is 19.2. The molecule has 3 aromatic rings. The van der Waals surface area contributed by atoms with Crippen molar-refractivity contribution in [1.29, 1.82) is 0 Å². The summed E-state index contributed by atoms with van der Waals surface area (Å²) in [4.78, 5) is 34.3. The summed E-state index contributed by atoms with van der Waals surface area (Å²) in [5.41, 5.74) is 2.39. The van der Waals surface area contributed by atoms with Gasteiger partial charge in [-0.15, -0.1) is 0 Å². The molecule has 0 bridgehead atoms. The Morgan fingerprint density at radius 1 is 1.07 bits per heavy atom. The van der Waals surface area contributed by atoms with Crippen molar-refractivity contribution in [3.8, 4) is 5.75 Å². The topological polar surface area (TPSA) is 85.9 Å². The number of carbonyl (C=O) groups is 2. The number of H-pyrrole nitrogens is 1. The van der Waals surface area contributed by atoms with E-state index in [4.69, 9.17) is 4.74 Å². The number of fused-ring (bicyclic) bond motifs is 3. The highest BCUT2D eigenvalue weighted by atomic mass is 16.5. The Morgan fingerprint density at radius 2 is 1.82 bits per heavy atom. The molecule has 0 aliphatic carbocycles. The Morgan fingerprint density at radius 3 is 2.55 bits per heavy atom. The molecule has 2 N–H and O–H groups in total. The van der Waals surface area contributed by atoms with Gasteiger partial charge in [-0.3, -0.25) is 4.79 Å². The molecule has 1 aromatic heterocycles. The maximum Gasteiger partial charge on any atom is 0.339 e. The molecule has 1 saturated heterocycles. The van der Waals surface area contributed by atoms with E-state index < -0.39 is 11.4 Å². The molecule has 0 spiro atoms. The number of benzene rings is 2. The monoisotopic (exact) mass is 543 g/mol. The fraction of sp³-hybridized carbons (Fsp3) is 0.455. The van der Waals surface area contributed by atoms with E-state index in [0.717, 1.165) is 29.4 Å². The highest BCUT2D eigenvalue weighted by Gasteiger charge is 2.45. The fourth-order valence-corrected chi connectivity index (χ4v) is 6.82. The number of aliphatic carboxylic acids is 1. The van der Waals surface area contributed by atoms with Crippen LogP contribution in [-0.2, 0) is 10.2 Å². The van der Waals surface area contributed by atoms with E-state index in [9.17, 15) is 14.7 Å². The molecule has 2 aliphatic rings. The number of likely N-dealkylation sites (tertiary alicyclic amines) is 1. The fourth-order valence-electron chi connectivity index (χ4n) is 6.82. The van der Waals surface area contributed by atoms with Crippen LogP contribution in [0, 0.1) is 5.92 Å². The number of hydrogen-bond donors (Lipinski definition) is 2. The summed E-state index contributed by atoms with van der Waals surface area (Å²) in [5, 5.41) is 11.3. The van der Waals surface area contributed by atoms with E-state index in [1.165, 1.54) is 38.6 Å². The number of nitrogens with one attached hydrogen (secondary N) is 1. The number of carbonyl (C=O) groups excluding carboxylic acids is 1. The molecule has 0 radical (unpaired) electrons. The quantitative estimate of drug-likeness (QED) is 0.326. The summed E-state index contributed by atoms with van der Waals surface area (Å²) in [5.74, 6) is -0.604. The van der Waals surface area contributed by atoms with Crippen LogP contribution in [0.4, 0.5) is 0 Å². The molecular weight excluding hydrogens is 502 g/mol. The highest BCUT2D eigenvalue weighted by Crippen LogP contribution is 2.45. The largest absolute Gasteiger partial charge is 0.494 e. The van der Waals surface area contributed by atoms with Crippen LogP contribution >= 0.6 is 0 Å². The Balaban J connectivity index is 1.45. The molecule has 3 heterocycles. The van der Waals surface area contributed by atoms with Gasteiger partial charge < -0.3 is 24.6 Å². The average Bonchev–Trinajstić information content (AvgIpc) is 3.28.